The van der Waals surface area contributed by atoms with E-state index in [1.807, 2.05) is 19.1 Å². The predicted octanol–water partition coefficient (Wildman–Crippen LogP) is 2.07. The lowest BCUT2D eigenvalue weighted by atomic mass is 9.97. The van der Waals surface area contributed by atoms with Gasteiger partial charge in [0.1, 0.15) is 0 Å². The Kier molecular flexibility index (Phi) is 3.67. The lowest BCUT2D eigenvalue weighted by molar-refractivity contribution is 0.140. The number of hydrogen-bond acceptors (Lipinski definition) is 2. The molecule has 1 rings (SSSR count). The first-order valence-electron chi connectivity index (χ1n) is 5.07. The maximum atomic E-state index is 9.62. The summed E-state index contributed by atoms with van der Waals surface area (Å²) >= 11 is 0. The number of rotatable bonds is 3. The molecule has 1 aromatic rings. The Balaban J connectivity index is 2.91. The van der Waals surface area contributed by atoms with Gasteiger partial charge >= 0.3 is 0 Å². The van der Waals surface area contributed by atoms with Gasteiger partial charge in [0, 0.05) is 0 Å². The van der Waals surface area contributed by atoms with Crippen molar-refractivity contribution >= 4 is 0 Å². The predicted molar refractivity (Wildman–Crippen MR) is 59.1 cm³/mol. The minimum atomic E-state index is -0.447. The van der Waals surface area contributed by atoms with E-state index in [-0.39, 0.29) is 6.04 Å². The molecule has 2 atom stereocenters. The minimum Gasteiger partial charge on any atom is -0.391 e. The van der Waals surface area contributed by atoms with Gasteiger partial charge in [0.05, 0.1) is 12.1 Å². The van der Waals surface area contributed by atoms with Crippen LogP contribution in [0.5, 0.6) is 0 Å². The van der Waals surface area contributed by atoms with Crippen molar-refractivity contribution in [2.24, 2.45) is 5.73 Å². The fourth-order valence-corrected chi connectivity index (χ4v) is 1.45. The Morgan fingerprint density at radius 3 is 2.43 bits per heavy atom. The SMILES string of the molecule is CC[C@H](O)[C@H](N)c1ccc(C)c(C)c1. The van der Waals surface area contributed by atoms with Gasteiger partial charge in [-0.25, -0.2) is 0 Å². The van der Waals surface area contributed by atoms with Crippen molar-refractivity contribution in [3.63, 3.8) is 0 Å². The molecule has 2 heteroatoms. The first kappa shape index (κ1) is 11.2. The molecule has 0 aromatic heterocycles. The van der Waals surface area contributed by atoms with E-state index in [4.69, 9.17) is 5.73 Å². The highest BCUT2D eigenvalue weighted by Gasteiger charge is 2.14. The number of aliphatic hydroxyl groups is 1. The molecule has 0 spiro atoms. The van der Waals surface area contributed by atoms with Crippen molar-refractivity contribution in [3.05, 3.63) is 34.9 Å². The number of benzene rings is 1. The van der Waals surface area contributed by atoms with E-state index in [0.717, 1.165) is 5.56 Å². The smallest absolute Gasteiger partial charge is 0.0730 e. The van der Waals surface area contributed by atoms with E-state index in [1.54, 1.807) is 0 Å². The van der Waals surface area contributed by atoms with Gasteiger partial charge in [-0.1, -0.05) is 25.1 Å². The number of aryl methyl sites for hydroxylation is 2. The molecular weight excluding hydrogens is 174 g/mol. The highest BCUT2D eigenvalue weighted by Crippen LogP contribution is 2.19. The molecule has 0 heterocycles. The Morgan fingerprint density at radius 2 is 1.93 bits per heavy atom. The van der Waals surface area contributed by atoms with Crippen LogP contribution in [0.3, 0.4) is 0 Å². The van der Waals surface area contributed by atoms with Crippen molar-refractivity contribution in [2.75, 3.05) is 0 Å². The number of aliphatic hydroxyl groups excluding tert-OH is 1. The molecule has 14 heavy (non-hydrogen) atoms. The number of nitrogens with two attached hydrogens (primary N) is 1. The second kappa shape index (κ2) is 4.58. The van der Waals surface area contributed by atoms with E-state index in [2.05, 4.69) is 19.9 Å². The van der Waals surface area contributed by atoms with Crippen LogP contribution in [0.2, 0.25) is 0 Å². The fourth-order valence-electron chi connectivity index (χ4n) is 1.45. The maximum Gasteiger partial charge on any atom is 0.0730 e. The van der Waals surface area contributed by atoms with Gasteiger partial charge in [0.15, 0.2) is 0 Å². The zero-order valence-corrected chi connectivity index (χ0v) is 9.12. The highest BCUT2D eigenvalue weighted by atomic mass is 16.3. The third-order valence-electron chi connectivity index (χ3n) is 2.75. The second-order valence-electron chi connectivity index (χ2n) is 3.85. The van der Waals surface area contributed by atoms with Crippen LogP contribution < -0.4 is 5.73 Å². The molecule has 78 valence electrons. The Bertz CT molecular complexity index is 309. The molecule has 1 aromatic carbocycles. The summed E-state index contributed by atoms with van der Waals surface area (Å²) in [6.07, 6.45) is 0.241. The molecule has 0 fully saturated rings. The summed E-state index contributed by atoms with van der Waals surface area (Å²) in [6.45, 7) is 6.07. The van der Waals surface area contributed by atoms with Crippen LogP contribution in [0.25, 0.3) is 0 Å². The van der Waals surface area contributed by atoms with E-state index in [9.17, 15) is 5.11 Å². The minimum absolute atomic E-state index is 0.265. The first-order chi connectivity index (χ1) is 6.56. The standard InChI is InChI=1S/C12H19NO/c1-4-11(14)12(13)10-6-5-8(2)9(3)7-10/h5-7,11-12,14H,4,13H2,1-3H3/t11-,12+/m0/s1. The van der Waals surface area contributed by atoms with Crippen molar-refractivity contribution in [1.29, 1.82) is 0 Å². The number of hydrogen-bond donors (Lipinski definition) is 2. The van der Waals surface area contributed by atoms with E-state index in [1.165, 1.54) is 11.1 Å². The molecule has 0 unspecified atom stereocenters. The van der Waals surface area contributed by atoms with Gasteiger partial charge in [-0.15, -0.1) is 0 Å². The normalized spacial score (nSPS) is 15.2. The van der Waals surface area contributed by atoms with Crippen molar-refractivity contribution in [2.45, 2.75) is 39.3 Å². The summed E-state index contributed by atoms with van der Waals surface area (Å²) in [5.41, 5.74) is 9.41. The van der Waals surface area contributed by atoms with Gasteiger partial charge in [0.25, 0.3) is 0 Å². The Morgan fingerprint density at radius 1 is 1.29 bits per heavy atom. The molecule has 0 saturated heterocycles. The van der Waals surface area contributed by atoms with Crippen LogP contribution in [-0.2, 0) is 0 Å². The lowest BCUT2D eigenvalue weighted by Gasteiger charge is -2.18. The van der Waals surface area contributed by atoms with Crippen LogP contribution in [0.1, 0.15) is 36.1 Å². The van der Waals surface area contributed by atoms with E-state index < -0.39 is 6.10 Å². The Labute approximate surface area is 85.8 Å². The largest absolute Gasteiger partial charge is 0.391 e. The van der Waals surface area contributed by atoms with Crippen LogP contribution in [-0.4, -0.2) is 11.2 Å². The van der Waals surface area contributed by atoms with Gasteiger partial charge in [-0.05, 0) is 37.0 Å². The third-order valence-corrected chi connectivity index (χ3v) is 2.75. The molecule has 0 saturated carbocycles. The second-order valence-corrected chi connectivity index (χ2v) is 3.85. The average molecular weight is 193 g/mol. The maximum absolute atomic E-state index is 9.62. The molecular formula is C12H19NO. The average Bonchev–Trinajstić information content (AvgIpc) is 2.20. The highest BCUT2D eigenvalue weighted by molar-refractivity contribution is 5.31. The summed E-state index contributed by atoms with van der Waals surface area (Å²) in [4.78, 5) is 0. The van der Waals surface area contributed by atoms with Gasteiger partial charge in [-0.2, -0.15) is 0 Å². The fraction of sp³-hybridized carbons (Fsp3) is 0.500. The molecule has 0 aliphatic heterocycles. The van der Waals surface area contributed by atoms with Gasteiger partial charge in [0.2, 0.25) is 0 Å². The molecule has 0 radical (unpaired) electrons. The molecule has 3 N–H and O–H groups in total. The topological polar surface area (TPSA) is 46.2 Å². The van der Waals surface area contributed by atoms with Gasteiger partial charge < -0.3 is 10.8 Å². The van der Waals surface area contributed by atoms with Gasteiger partial charge in [-0.3, -0.25) is 0 Å². The summed E-state index contributed by atoms with van der Waals surface area (Å²) in [5.74, 6) is 0. The van der Waals surface area contributed by atoms with Crippen molar-refractivity contribution < 1.29 is 5.11 Å². The quantitative estimate of drug-likeness (QED) is 0.772. The first-order valence-corrected chi connectivity index (χ1v) is 5.07. The zero-order chi connectivity index (χ0) is 10.7. The van der Waals surface area contributed by atoms with E-state index in [0.29, 0.717) is 6.42 Å². The molecule has 0 bridgehead atoms. The molecule has 0 amide bonds. The van der Waals surface area contributed by atoms with Crippen molar-refractivity contribution in [1.82, 2.24) is 0 Å². The molecule has 0 aliphatic carbocycles. The molecule has 0 aliphatic rings. The van der Waals surface area contributed by atoms with Crippen LogP contribution in [0.15, 0.2) is 18.2 Å². The Hall–Kier alpha value is -0.860. The van der Waals surface area contributed by atoms with Crippen LogP contribution in [0, 0.1) is 13.8 Å². The zero-order valence-electron chi connectivity index (χ0n) is 9.12. The summed E-state index contributed by atoms with van der Waals surface area (Å²) in [6, 6.07) is 5.83. The lowest BCUT2D eigenvalue weighted by Crippen LogP contribution is -2.25. The summed E-state index contributed by atoms with van der Waals surface area (Å²) < 4.78 is 0. The summed E-state index contributed by atoms with van der Waals surface area (Å²) in [7, 11) is 0. The van der Waals surface area contributed by atoms with Crippen LogP contribution >= 0.6 is 0 Å². The molecule has 2 nitrogen and oxygen atoms in total. The monoisotopic (exact) mass is 193 g/mol. The van der Waals surface area contributed by atoms with Crippen molar-refractivity contribution in [3.8, 4) is 0 Å². The van der Waals surface area contributed by atoms with E-state index >= 15 is 0 Å². The third kappa shape index (κ3) is 2.34. The van der Waals surface area contributed by atoms with Crippen LogP contribution in [0.4, 0.5) is 0 Å². The summed E-state index contributed by atoms with van der Waals surface area (Å²) in [5, 5.41) is 9.62.